The molecule has 2 aromatic heterocycles. The van der Waals surface area contributed by atoms with E-state index in [1.807, 2.05) is 31.2 Å². The van der Waals surface area contributed by atoms with Gasteiger partial charge in [-0.15, -0.1) is 5.10 Å². The van der Waals surface area contributed by atoms with Crippen molar-refractivity contribution in [3.05, 3.63) is 45.9 Å². The van der Waals surface area contributed by atoms with Gasteiger partial charge >= 0.3 is 0 Å². The largest absolute Gasteiger partial charge is 0.458 e. The average molecular weight is 322 g/mol. The first-order valence-corrected chi connectivity index (χ1v) is 6.59. The number of aliphatic hydroxyl groups excluding tert-OH is 1. The number of halogens is 1. The van der Waals surface area contributed by atoms with E-state index < -0.39 is 6.10 Å². The molecular formula is C13H12BrN3O2. The molecular weight excluding hydrogens is 310 g/mol. The third-order valence-electron chi connectivity index (χ3n) is 3.05. The number of aromatic nitrogens is 3. The van der Waals surface area contributed by atoms with Crippen molar-refractivity contribution in [1.82, 2.24) is 15.0 Å². The summed E-state index contributed by atoms with van der Waals surface area (Å²) in [6.45, 7) is 2.02. The Morgan fingerprint density at radius 2 is 2.16 bits per heavy atom. The summed E-state index contributed by atoms with van der Waals surface area (Å²) in [7, 11) is 1.73. The molecule has 0 spiro atoms. The molecule has 1 aromatic carbocycles. The molecule has 0 fully saturated rings. The molecule has 3 rings (SSSR count). The van der Waals surface area contributed by atoms with Crippen LogP contribution in [0.2, 0.25) is 0 Å². The summed E-state index contributed by atoms with van der Waals surface area (Å²) in [5, 5.41) is 19.1. The number of aryl methyl sites for hydroxylation is 2. The minimum atomic E-state index is -0.901. The second-order valence-electron chi connectivity index (χ2n) is 4.48. The average Bonchev–Trinajstić information content (AvgIpc) is 2.92. The third-order valence-corrected chi connectivity index (χ3v) is 3.61. The van der Waals surface area contributed by atoms with Gasteiger partial charge in [0.1, 0.15) is 17.0 Å². The zero-order chi connectivity index (χ0) is 13.6. The number of nitrogens with zero attached hydrogens (tertiary/aromatic N) is 3. The second kappa shape index (κ2) is 4.47. The number of aliphatic hydroxyl groups is 1. The molecule has 0 aliphatic rings. The zero-order valence-electron chi connectivity index (χ0n) is 10.5. The van der Waals surface area contributed by atoms with Crippen LogP contribution in [0.5, 0.6) is 0 Å². The molecule has 0 aliphatic carbocycles. The molecule has 2 heterocycles. The molecule has 0 aliphatic heterocycles. The highest BCUT2D eigenvalue weighted by Crippen LogP contribution is 2.31. The van der Waals surface area contributed by atoms with Gasteiger partial charge in [0.2, 0.25) is 0 Å². The molecule has 1 atom stereocenters. The predicted octanol–water partition coefficient (Wildman–Crippen LogP) is 2.71. The van der Waals surface area contributed by atoms with Crippen molar-refractivity contribution in [1.29, 1.82) is 0 Å². The first-order valence-electron chi connectivity index (χ1n) is 5.79. The molecule has 19 heavy (non-hydrogen) atoms. The maximum Gasteiger partial charge on any atom is 0.156 e. The standard InChI is InChI=1S/C13H12BrN3O2/c1-7-3-4-9-8(5-7)6-10(19-9)12(18)11-13(14)15-16-17(11)2/h3-6,12,18H,1-2H3. The van der Waals surface area contributed by atoms with Gasteiger partial charge in [-0.2, -0.15) is 0 Å². The maximum absolute atomic E-state index is 10.4. The van der Waals surface area contributed by atoms with Gasteiger partial charge in [0.25, 0.3) is 0 Å². The monoisotopic (exact) mass is 321 g/mol. The second-order valence-corrected chi connectivity index (χ2v) is 5.23. The van der Waals surface area contributed by atoms with Crippen molar-refractivity contribution in [2.24, 2.45) is 7.05 Å². The molecule has 1 unspecified atom stereocenters. The summed E-state index contributed by atoms with van der Waals surface area (Å²) in [6.07, 6.45) is -0.901. The Balaban J connectivity index is 2.09. The minimum Gasteiger partial charge on any atom is -0.458 e. The highest BCUT2D eigenvalue weighted by Gasteiger charge is 2.22. The van der Waals surface area contributed by atoms with Gasteiger partial charge in [-0.05, 0) is 41.1 Å². The van der Waals surface area contributed by atoms with E-state index >= 15 is 0 Å². The Hall–Kier alpha value is -1.66. The van der Waals surface area contributed by atoms with Crippen molar-refractivity contribution < 1.29 is 9.52 Å². The van der Waals surface area contributed by atoms with E-state index in [-0.39, 0.29) is 0 Å². The van der Waals surface area contributed by atoms with Gasteiger partial charge in [0.05, 0.1) is 0 Å². The Kier molecular flexibility index (Phi) is 2.91. The number of rotatable bonds is 2. The zero-order valence-corrected chi connectivity index (χ0v) is 12.0. The van der Waals surface area contributed by atoms with E-state index in [9.17, 15) is 5.11 Å². The fourth-order valence-electron chi connectivity index (χ4n) is 2.08. The summed E-state index contributed by atoms with van der Waals surface area (Å²) >= 11 is 3.27. The van der Waals surface area contributed by atoms with Crippen LogP contribution in [0.25, 0.3) is 11.0 Å². The lowest BCUT2D eigenvalue weighted by molar-refractivity contribution is 0.182. The Morgan fingerprint density at radius 1 is 1.37 bits per heavy atom. The van der Waals surface area contributed by atoms with E-state index in [0.717, 1.165) is 16.5 Å². The van der Waals surface area contributed by atoms with Gasteiger partial charge in [-0.25, -0.2) is 4.68 Å². The number of furan rings is 1. The van der Waals surface area contributed by atoms with Crippen LogP contribution in [-0.4, -0.2) is 20.1 Å². The van der Waals surface area contributed by atoms with Gasteiger partial charge in [-0.3, -0.25) is 0 Å². The van der Waals surface area contributed by atoms with Gasteiger partial charge in [0, 0.05) is 12.4 Å². The van der Waals surface area contributed by atoms with Crippen LogP contribution in [0.3, 0.4) is 0 Å². The molecule has 5 nitrogen and oxygen atoms in total. The molecule has 0 saturated carbocycles. The Bertz CT molecular complexity index is 728. The van der Waals surface area contributed by atoms with E-state index in [0.29, 0.717) is 16.1 Å². The van der Waals surface area contributed by atoms with Crippen molar-refractivity contribution in [3.8, 4) is 0 Å². The summed E-state index contributed by atoms with van der Waals surface area (Å²) in [4.78, 5) is 0. The van der Waals surface area contributed by atoms with E-state index in [4.69, 9.17) is 4.42 Å². The Labute approximate surface area is 118 Å². The van der Waals surface area contributed by atoms with Crippen molar-refractivity contribution >= 4 is 26.9 Å². The molecule has 0 saturated heterocycles. The van der Waals surface area contributed by atoms with Crippen molar-refractivity contribution in [2.45, 2.75) is 13.0 Å². The van der Waals surface area contributed by atoms with Gasteiger partial charge in [-0.1, -0.05) is 16.8 Å². The van der Waals surface area contributed by atoms with Crippen LogP contribution >= 0.6 is 15.9 Å². The van der Waals surface area contributed by atoms with Crippen molar-refractivity contribution in [3.63, 3.8) is 0 Å². The summed E-state index contributed by atoms with van der Waals surface area (Å²) in [5.74, 6) is 0.478. The van der Waals surface area contributed by atoms with Crippen LogP contribution in [0, 0.1) is 6.92 Å². The first kappa shape index (κ1) is 12.4. The van der Waals surface area contributed by atoms with Gasteiger partial charge in [0.15, 0.2) is 10.7 Å². The van der Waals surface area contributed by atoms with E-state index in [2.05, 4.69) is 26.2 Å². The smallest absolute Gasteiger partial charge is 0.156 e. The highest BCUT2D eigenvalue weighted by atomic mass is 79.9. The van der Waals surface area contributed by atoms with Gasteiger partial charge < -0.3 is 9.52 Å². The number of fused-ring (bicyclic) bond motifs is 1. The lowest BCUT2D eigenvalue weighted by Gasteiger charge is -2.07. The first-order chi connectivity index (χ1) is 9.06. The van der Waals surface area contributed by atoms with Crippen molar-refractivity contribution in [2.75, 3.05) is 0 Å². The quantitative estimate of drug-likeness (QED) is 0.788. The molecule has 3 aromatic rings. The molecule has 0 bridgehead atoms. The number of hydrogen-bond acceptors (Lipinski definition) is 4. The molecule has 6 heteroatoms. The Morgan fingerprint density at radius 3 is 2.84 bits per heavy atom. The fraction of sp³-hybridized carbons (Fsp3) is 0.231. The van der Waals surface area contributed by atoms with E-state index in [1.54, 1.807) is 7.05 Å². The lowest BCUT2D eigenvalue weighted by Crippen LogP contribution is -2.06. The molecule has 1 N–H and O–H groups in total. The number of benzene rings is 1. The summed E-state index contributed by atoms with van der Waals surface area (Å²) < 4.78 is 7.71. The molecule has 0 radical (unpaired) electrons. The van der Waals surface area contributed by atoms with Crippen LogP contribution in [0.1, 0.15) is 23.1 Å². The van der Waals surface area contributed by atoms with Crippen LogP contribution in [-0.2, 0) is 7.05 Å². The summed E-state index contributed by atoms with van der Waals surface area (Å²) in [6, 6.07) is 7.74. The maximum atomic E-state index is 10.4. The summed E-state index contributed by atoms with van der Waals surface area (Å²) in [5.41, 5.74) is 2.47. The lowest BCUT2D eigenvalue weighted by atomic mass is 10.1. The van der Waals surface area contributed by atoms with E-state index in [1.165, 1.54) is 4.68 Å². The normalized spacial score (nSPS) is 13.1. The molecule has 0 amide bonds. The van der Waals surface area contributed by atoms with Crippen LogP contribution in [0.4, 0.5) is 0 Å². The van der Waals surface area contributed by atoms with Crippen LogP contribution in [0.15, 0.2) is 33.3 Å². The SMILES string of the molecule is Cc1ccc2oc(C(O)c3c(Br)nnn3C)cc2c1. The predicted molar refractivity (Wildman–Crippen MR) is 73.7 cm³/mol. The molecule has 98 valence electrons. The van der Waals surface area contributed by atoms with Crippen LogP contribution < -0.4 is 0 Å². The minimum absolute atomic E-state index is 0.478. The third kappa shape index (κ3) is 2.06. The highest BCUT2D eigenvalue weighted by molar-refractivity contribution is 9.10. The number of hydrogen-bond donors (Lipinski definition) is 1. The topological polar surface area (TPSA) is 64.1 Å². The fourth-order valence-corrected chi connectivity index (χ4v) is 2.63.